The van der Waals surface area contributed by atoms with Gasteiger partial charge in [-0.3, -0.25) is 9.59 Å². The Labute approximate surface area is 427 Å². The van der Waals surface area contributed by atoms with Crippen molar-refractivity contribution < 1.29 is 73.8 Å². The fourth-order valence-electron chi connectivity index (χ4n) is 8.50. The molecule has 71 heavy (non-hydrogen) atoms. The van der Waals surface area contributed by atoms with Crippen LogP contribution in [-0.4, -0.2) is 142 Å². The second-order valence-corrected chi connectivity index (χ2v) is 19.4. The molecule has 2 heterocycles. The SMILES string of the molecule is CCCCC/C=C/C/C=C/C/C=C/C/C=C/CCCC(=O)O[C@@H](COC(=O)CCCCCCCCCCCCCCCCCCCC)CO[C@@H]1O[C@H](CO[C@@H]2O[C@H](CO)[C@H](O)C(O)C2O)[C@H](O)C(O)C1O. The second-order valence-electron chi connectivity index (χ2n) is 19.4. The lowest BCUT2D eigenvalue weighted by atomic mass is 9.98. The van der Waals surface area contributed by atoms with Crippen molar-refractivity contribution in [1.29, 1.82) is 0 Å². The lowest BCUT2D eigenvalue weighted by molar-refractivity contribution is -0.332. The molecule has 0 radical (unpaired) electrons. The number of esters is 2. The van der Waals surface area contributed by atoms with Crippen molar-refractivity contribution in [1.82, 2.24) is 0 Å². The number of carbonyl (C=O) groups excluding carboxylic acids is 2. The summed E-state index contributed by atoms with van der Waals surface area (Å²) in [4.78, 5) is 25.8. The van der Waals surface area contributed by atoms with Crippen molar-refractivity contribution in [3.05, 3.63) is 48.6 Å². The Morgan fingerprint density at radius 1 is 0.451 bits per heavy atom. The minimum atomic E-state index is -1.77. The molecule has 0 aromatic heterocycles. The largest absolute Gasteiger partial charge is 0.462 e. The van der Waals surface area contributed by atoms with Gasteiger partial charge in [0.15, 0.2) is 18.7 Å². The number of rotatable bonds is 43. The minimum Gasteiger partial charge on any atom is -0.462 e. The molecule has 2 aliphatic rings. The first-order valence-electron chi connectivity index (χ1n) is 27.7. The van der Waals surface area contributed by atoms with Gasteiger partial charge >= 0.3 is 11.9 Å². The highest BCUT2D eigenvalue weighted by Gasteiger charge is 2.47. The smallest absolute Gasteiger partial charge is 0.306 e. The van der Waals surface area contributed by atoms with E-state index in [2.05, 4.69) is 50.3 Å². The van der Waals surface area contributed by atoms with Gasteiger partial charge in [-0.15, -0.1) is 0 Å². The molecule has 0 saturated carbocycles. The summed E-state index contributed by atoms with van der Waals surface area (Å²) in [6.07, 6.45) is 31.4. The topological polar surface area (TPSA) is 231 Å². The highest BCUT2D eigenvalue weighted by Crippen LogP contribution is 2.26. The molecule has 7 N–H and O–H groups in total. The molecule has 0 aromatic carbocycles. The fraction of sp³-hybridized carbons (Fsp3) is 0.821. The van der Waals surface area contributed by atoms with Gasteiger partial charge in [0.2, 0.25) is 0 Å². The average molecular weight is 1010 g/mol. The van der Waals surface area contributed by atoms with Gasteiger partial charge in [0.05, 0.1) is 19.8 Å². The third-order valence-corrected chi connectivity index (χ3v) is 13.1. The van der Waals surface area contributed by atoms with E-state index in [0.29, 0.717) is 19.3 Å². The van der Waals surface area contributed by atoms with Crippen LogP contribution in [0.5, 0.6) is 0 Å². The summed E-state index contributed by atoms with van der Waals surface area (Å²) in [7, 11) is 0. The molecule has 4 unspecified atom stereocenters. The summed E-state index contributed by atoms with van der Waals surface area (Å²) >= 11 is 0. The molecular formula is C56H98O15. The number of aliphatic hydroxyl groups is 7. The molecule has 2 saturated heterocycles. The van der Waals surface area contributed by atoms with E-state index in [1.165, 1.54) is 109 Å². The van der Waals surface area contributed by atoms with Crippen molar-refractivity contribution in [3.63, 3.8) is 0 Å². The van der Waals surface area contributed by atoms with E-state index in [0.717, 1.165) is 44.9 Å². The number of ether oxygens (including phenoxy) is 6. The van der Waals surface area contributed by atoms with Gasteiger partial charge in [-0.25, -0.2) is 0 Å². The van der Waals surface area contributed by atoms with Crippen LogP contribution in [-0.2, 0) is 38.0 Å². The number of allylic oxidation sites excluding steroid dienone is 8. The zero-order valence-electron chi connectivity index (χ0n) is 43.7. The minimum absolute atomic E-state index is 0.0899. The Kier molecular flexibility index (Phi) is 38.9. The number of unbranched alkanes of at least 4 members (excludes halogenated alkanes) is 21. The fourth-order valence-corrected chi connectivity index (χ4v) is 8.50. The van der Waals surface area contributed by atoms with E-state index < -0.39 is 99.3 Å². The molecule has 15 heteroatoms. The summed E-state index contributed by atoms with van der Waals surface area (Å²) in [6, 6.07) is 0. The van der Waals surface area contributed by atoms with Crippen molar-refractivity contribution in [2.45, 2.75) is 268 Å². The normalized spacial score (nSPS) is 25.5. The lowest BCUT2D eigenvalue weighted by Gasteiger charge is -2.42. The Morgan fingerprint density at radius 3 is 1.37 bits per heavy atom. The van der Waals surface area contributed by atoms with Gasteiger partial charge < -0.3 is 64.2 Å². The Bertz CT molecular complexity index is 1420. The van der Waals surface area contributed by atoms with Crippen LogP contribution < -0.4 is 0 Å². The van der Waals surface area contributed by atoms with Crippen LogP contribution in [0.25, 0.3) is 0 Å². The van der Waals surface area contributed by atoms with Crippen LogP contribution >= 0.6 is 0 Å². The highest BCUT2D eigenvalue weighted by molar-refractivity contribution is 5.70. The molecule has 11 atom stereocenters. The van der Waals surface area contributed by atoms with E-state index in [1.54, 1.807) is 0 Å². The molecule has 0 bridgehead atoms. The van der Waals surface area contributed by atoms with Crippen LogP contribution in [0.3, 0.4) is 0 Å². The van der Waals surface area contributed by atoms with Crippen LogP contribution in [0.2, 0.25) is 0 Å². The van der Waals surface area contributed by atoms with E-state index in [-0.39, 0.29) is 19.4 Å². The van der Waals surface area contributed by atoms with E-state index >= 15 is 0 Å². The molecule has 0 amide bonds. The second kappa shape index (κ2) is 42.8. The average Bonchev–Trinajstić information content (AvgIpc) is 3.36. The van der Waals surface area contributed by atoms with Crippen molar-refractivity contribution in [2.75, 3.05) is 26.4 Å². The predicted molar refractivity (Wildman–Crippen MR) is 275 cm³/mol. The number of hydrogen-bond donors (Lipinski definition) is 7. The summed E-state index contributed by atoms with van der Waals surface area (Å²) in [5, 5.41) is 72.2. The van der Waals surface area contributed by atoms with Crippen LogP contribution in [0.4, 0.5) is 0 Å². The van der Waals surface area contributed by atoms with Crippen LogP contribution in [0.15, 0.2) is 48.6 Å². The maximum absolute atomic E-state index is 13.0. The first kappa shape index (κ1) is 64.6. The molecule has 0 spiro atoms. The number of hydrogen-bond acceptors (Lipinski definition) is 15. The van der Waals surface area contributed by atoms with Gasteiger partial charge in [-0.1, -0.05) is 184 Å². The summed E-state index contributed by atoms with van der Waals surface area (Å²) in [6.45, 7) is 2.53. The number of carbonyl (C=O) groups is 2. The first-order chi connectivity index (χ1) is 34.5. The van der Waals surface area contributed by atoms with Crippen LogP contribution in [0.1, 0.15) is 200 Å². The maximum atomic E-state index is 13.0. The molecule has 0 aliphatic carbocycles. The molecule has 412 valence electrons. The van der Waals surface area contributed by atoms with Gasteiger partial charge in [0.1, 0.15) is 55.4 Å². The molecule has 2 aliphatic heterocycles. The molecular weight excluding hydrogens is 913 g/mol. The summed E-state index contributed by atoms with van der Waals surface area (Å²) in [5.41, 5.74) is 0. The molecule has 2 fully saturated rings. The quantitative estimate of drug-likeness (QED) is 0.0172. The van der Waals surface area contributed by atoms with Gasteiger partial charge in [-0.05, 0) is 51.4 Å². The third-order valence-electron chi connectivity index (χ3n) is 13.1. The molecule has 15 nitrogen and oxygen atoms in total. The zero-order valence-corrected chi connectivity index (χ0v) is 43.7. The third kappa shape index (κ3) is 30.4. The van der Waals surface area contributed by atoms with Crippen molar-refractivity contribution in [3.8, 4) is 0 Å². The van der Waals surface area contributed by atoms with E-state index in [1.807, 2.05) is 12.2 Å². The molecule has 2 rings (SSSR count). The summed E-state index contributed by atoms with van der Waals surface area (Å²) < 4.78 is 33.6. The Hall–Kier alpha value is -2.54. The maximum Gasteiger partial charge on any atom is 0.306 e. The zero-order chi connectivity index (χ0) is 51.7. The van der Waals surface area contributed by atoms with E-state index in [9.17, 15) is 45.3 Å². The van der Waals surface area contributed by atoms with E-state index in [4.69, 9.17) is 28.4 Å². The van der Waals surface area contributed by atoms with Gasteiger partial charge in [0.25, 0.3) is 0 Å². The lowest BCUT2D eigenvalue weighted by Crippen LogP contribution is -2.61. The summed E-state index contributed by atoms with van der Waals surface area (Å²) in [5.74, 6) is -0.985. The van der Waals surface area contributed by atoms with Crippen LogP contribution in [0, 0.1) is 0 Å². The highest BCUT2D eigenvalue weighted by atomic mass is 16.7. The number of aliphatic hydroxyl groups excluding tert-OH is 7. The standard InChI is InChI=1S/C56H98O15/c1-3-5-7-9-11-13-15-17-19-21-23-24-26-28-30-32-34-36-38-47(58)66-41-44(69-48(59)39-37-35-33-31-29-27-25-22-20-18-16-14-12-10-8-6-4-2)42-67-55-54(65)52(63)50(61)46(71-55)43-68-56-53(64)51(62)49(60)45(40-57)70-56/h12,14,18,20,25,27,31,33,44-46,49-57,60-65H,3-11,13,15-17,19,21-24,26,28-30,32,34-43H2,1-2H3/b14-12+,20-18+,27-25+,33-31+/t44-,45+,46+,49-,50-,51?,52?,53?,54?,55+,56+/m0/s1. The Morgan fingerprint density at radius 2 is 0.859 bits per heavy atom. The van der Waals surface area contributed by atoms with Gasteiger partial charge in [-0.2, -0.15) is 0 Å². The Balaban J connectivity index is 1.80. The monoisotopic (exact) mass is 1010 g/mol. The van der Waals surface area contributed by atoms with Gasteiger partial charge in [0, 0.05) is 12.8 Å². The van der Waals surface area contributed by atoms with Crippen molar-refractivity contribution >= 4 is 11.9 Å². The predicted octanol–water partition coefficient (Wildman–Crippen LogP) is 8.66. The first-order valence-corrected chi connectivity index (χ1v) is 27.7. The van der Waals surface area contributed by atoms with Crippen molar-refractivity contribution in [2.24, 2.45) is 0 Å². The molecule has 0 aromatic rings.